The third-order valence-electron chi connectivity index (χ3n) is 5.22. The van der Waals surface area contributed by atoms with Crippen molar-refractivity contribution in [2.45, 2.75) is 11.9 Å². The highest BCUT2D eigenvalue weighted by atomic mass is 35.5. The zero-order valence-electron chi connectivity index (χ0n) is 18.5. The fraction of sp³-hybridized carbons (Fsp3) is 0.120. The van der Waals surface area contributed by atoms with Crippen LogP contribution >= 0.6 is 11.6 Å². The zero-order chi connectivity index (χ0) is 25.9. The molecule has 4 rings (SSSR count). The lowest BCUT2D eigenvalue weighted by Crippen LogP contribution is -2.33. The van der Waals surface area contributed by atoms with Gasteiger partial charge in [-0.15, -0.1) is 0 Å². The maximum atomic E-state index is 12.6. The van der Waals surface area contributed by atoms with E-state index in [0.29, 0.717) is 21.8 Å². The van der Waals surface area contributed by atoms with Crippen LogP contribution in [0.2, 0.25) is 5.02 Å². The van der Waals surface area contributed by atoms with Gasteiger partial charge in [-0.2, -0.15) is 13.2 Å². The smallest absolute Gasteiger partial charge is 0.405 e. The standard InChI is InChI=1S/C25H19ClF3N3O3S/c26-20-9-5-4-8-19(20)23-31-21(24(33)30-15-25(27,28)29)13-32(23)22-11-10-17(12-18(22)14-36(34)35)16-6-2-1-3-7-16/h1-13H,14-15H2,(H,30,33)(H,34,35)/p-1. The Morgan fingerprint density at radius 1 is 1.03 bits per heavy atom. The fourth-order valence-corrected chi connectivity index (χ4v) is 4.36. The lowest BCUT2D eigenvalue weighted by atomic mass is 10.0. The number of amides is 1. The molecule has 0 aliphatic rings. The second-order valence-electron chi connectivity index (χ2n) is 7.76. The van der Waals surface area contributed by atoms with Crippen molar-refractivity contribution in [3.63, 3.8) is 0 Å². The second kappa shape index (κ2) is 10.7. The monoisotopic (exact) mass is 532 g/mol. The minimum atomic E-state index is -4.59. The Morgan fingerprint density at radius 2 is 1.72 bits per heavy atom. The average molecular weight is 533 g/mol. The summed E-state index contributed by atoms with van der Waals surface area (Å²) in [4.78, 5) is 16.8. The van der Waals surface area contributed by atoms with Crippen LogP contribution in [0.5, 0.6) is 0 Å². The van der Waals surface area contributed by atoms with Gasteiger partial charge in [-0.1, -0.05) is 71.2 Å². The van der Waals surface area contributed by atoms with Crippen molar-refractivity contribution in [1.29, 1.82) is 0 Å². The SMILES string of the molecule is O=C(NCC(F)(F)F)c1cn(-c2ccc(-c3ccccc3)cc2CS(=O)[O-])c(-c2ccccc2Cl)n1. The Hall–Kier alpha value is -3.47. The summed E-state index contributed by atoms with van der Waals surface area (Å²) in [5.41, 5.74) is 2.55. The van der Waals surface area contributed by atoms with Crippen LogP contribution < -0.4 is 5.32 Å². The number of imidazole rings is 1. The molecule has 0 spiro atoms. The summed E-state index contributed by atoms with van der Waals surface area (Å²) in [6.07, 6.45) is -3.33. The van der Waals surface area contributed by atoms with Crippen molar-refractivity contribution in [1.82, 2.24) is 14.9 Å². The van der Waals surface area contributed by atoms with Gasteiger partial charge in [0.1, 0.15) is 18.1 Å². The quantitative estimate of drug-likeness (QED) is 0.317. The van der Waals surface area contributed by atoms with Gasteiger partial charge in [-0.05, 0) is 41.0 Å². The minimum Gasteiger partial charge on any atom is -0.772 e. The van der Waals surface area contributed by atoms with Gasteiger partial charge in [0.25, 0.3) is 5.91 Å². The summed E-state index contributed by atoms with van der Waals surface area (Å²) >= 11 is 3.91. The van der Waals surface area contributed by atoms with Gasteiger partial charge >= 0.3 is 6.18 Å². The summed E-state index contributed by atoms with van der Waals surface area (Å²) in [6.45, 7) is -1.52. The van der Waals surface area contributed by atoms with Crippen LogP contribution in [0.4, 0.5) is 13.2 Å². The fourth-order valence-electron chi connectivity index (χ4n) is 3.65. The Balaban J connectivity index is 1.86. The third-order valence-corrected chi connectivity index (χ3v) is 6.10. The third kappa shape index (κ3) is 6.01. The van der Waals surface area contributed by atoms with E-state index in [1.165, 1.54) is 10.8 Å². The molecule has 0 fully saturated rings. The van der Waals surface area contributed by atoms with Gasteiger partial charge in [-0.25, -0.2) is 4.98 Å². The molecule has 186 valence electrons. The first kappa shape index (κ1) is 25.6. The highest BCUT2D eigenvalue weighted by Gasteiger charge is 2.29. The van der Waals surface area contributed by atoms with Crippen LogP contribution in [0, 0.1) is 0 Å². The number of hydrogen-bond acceptors (Lipinski definition) is 4. The van der Waals surface area contributed by atoms with Crippen LogP contribution in [0.25, 0.3) is 28.2 Å². The topological polar surface area (TPSA) is 87.0 Å². The summed E-state index contributed by atoms with van der Waals surface area (Å²) in [7, 11) is 0. The molecule has 1 unspecified atom stereocenters. The predicted molar refractivity (Wildman–Crippen MR) is 130 cm³/mol. The number of nitrogens with one attached hydrogen (secondary N) is 1. The van der Waals surface area contributed by atoms with Crippen molar-refractivity contribution in [3.8, 4) is 28.2 Å². The number of benzene rings is 3. The molecule has 0 aliphatic carbocycles. The Labute approximate surface area is 212 Å². The van der Waals surface area contributed by atoms with E-state index in [0.717, 1.165) is 11.1 Å². The van der Waals surface area contributed by atoms with E-state index < -0.39 is 29.7 Å². The minimum absolute atomic E-state index is 0.170. The largest absolute Gasteiger partial charge is 0.772 e. The highest BCUT2D eigenvalue weighted by Crippen LogP contribution is 2.32. The Kier molecular flexibility index (Phi) is 7.58. The summed E-state index contributed by atoms with van der Waals surface area (Å²) in [5, 5.41) is 2.10. The molecule has 3 aromatic carbocycles. The number of rotatable bonds is 7. The molecule has 0 radical (unpaired) electrons. The van der Waals surface area contributed by atoms with Crippen LogP contribution in [-0.4, -0.2) is 36.9 Å². The van der Waals surface area contributed by atoms with Crippen molar-refractivity contribution < 1.29 is 26.7 Å². The lowest BCUT2D eigenvalue weighted by molar-refractivity contribution is -0.123. The van der Waals surface area contributed by atoms with E-state index in [9.17, 15) is 26.7 Å². The number of hydrogen-bond donors (Lipinski definition) is 1. The molecule has 0 saturated heterocycles. The molecular weight excluding hydrogens is 515 g/mol. The molecule has 1 heterocycles. The highest BCUT2D eigenvalue weighted by molar-refractivity contribution is 7.78. The van der Waals surface area contributed by atoms with Crippen LogP contribution in [0.1, 0.15) is 16.1 Å². The van der Waals surface area contributed by atoms with E-state index in [-0.39, 0.29) is 17.3 Å². The molecular formula is C25H18ClF3N3O3S-. The van der Waals surface area contributed by atoms with Gasteiger partial charge in [0, 0.05) is 17.5 Å². The Bertz CT molecular complexity index is 1430. The van der Waals surface area contributed by atoms with Gasteiger partial charge < -0.3 is 9.87 Å². The van der Waals surface area contributed by atoms with Gasteiger partial charge in [0.2, 0.25) is 0 Å². The number of halogens is 4. The molecule has 11 heteroatoms. The average Bonchev–Trinajstić information content (AvgIpc) is 3.27. The van der Waals surface area contributed by atoms with E-state index in [4.69, 9.17) is 11.6 Å². The molecule has 0 saturated carbocycles. The van der Waals surface area contributed by atoms with Crippen LogP contribution in [0.15, 0.2) is 79.0 Å². The summed E-state index contributed by atoms with van der Waals surface area (Å²) < 4.78 is 62.7. The van der Waals surface area contributed by atoms with E-state index in [1.807, 2.05) is 30.3 Å². The van der Waals surface area contributed by atoms with E-state index in [1.54, 1.807) is 47.8 Å². The predicted octanol–water partition coefficient (Wildman–Crippen LogP) is 5.53. The van der Waals surface area contributed by atoms with Crippen molar-refractivity contribution in [2.24, 2.45) is 0 Å². The Morgan fingerprint density at radius 3 is 2.39 bits per heavy atom. The number of nitrogens with zero attached hydrogens (tertiary/aromatic N) is 2. The van der Waals surface area contributed by atoms with Gasteiger partial charge in [0.05, 0.1) is 10.7 Å². The van der Waals surface area contributed by atoms with E-state index >= 15 is 0 Å². The number of alkyl halides is 3. The van der Waals surface area contributed by atoms with Crippen molar-refractivity contribution in [2.75, 3.05) is 6.54 Å². The molecule has 6 nitrogen and oxygen atoms in total. The summed E-state index contributed by atoms with van der Waals surface area (Å²) in [6, 6.07) is 21.1. The molecule has 0 aliphatic heterocycles. The molecule has 36 heavy (non-hydrogen) atoms. The van der Waals surface area contributed by atoms with Crippen molar-refractivity contribution in [3.05, 3.63) is 95.3 Å². The molecule has 1 amide bonds. The molecule has 1 atom stereocenters. The maximum Gasteiger partial charge on any atom is 0.405 e. The normalized spacial score (nSPS) is 12.4. The molecule has 0 bridgehead atoms. The van der Waals surface area contributed by atoms with Gasteiger partial charge in [0.15, 0.2) is 0 Å². The number of aromatic nitrogens is 2. The zero-order valence-corrected chi connectivity index (χ0v) is 20.0. The van der Waals surface area contributed by atoms with E-state index in [2.05, 4.69) is 4.98 Å². The molecule has 4 aromatic rings. The van der Waals surface area contributed by atoms with Crippen LogP contribution in [-0.2, 0) is 16.8 Å². The van der Waals surface area contributed by atoms with Crippen molar-refractivity contribution >= 4 is 28.6 Å². The number of carbonyl (C=O) groups excluding carboxylic acids is 1. The lowest BCUT2D eigenvalue weighted by Gasteiger charge is -2.16. The summed E-state index contributed by atoms with van der Waals surface area (Å²) in [5.74, 6) is -1.21. The van der Waals surface area contributed by atoms with Gasteiger partial charge in [-0.3, -0.25) is 13.6 Å². The van der Waals surface area contributed by atoms with Crippen LogP contribution in [0.3, 0.4) is 0 Å². The number of carbonyl (C=O) groups is 1. The maximum absolute atomic E-state index is 12.6. The second-order valence-corrected chi connectivity index (χ2v) is 9.06. The first-order valence-corrected chi connectivity index (χ1v) is 12.2. The first-order valence-electron chi connectivity index (χ1n) is 10.6. The molecule has 1 N–H and O–H groups in total. The first-order chi connectivity index (χ1) is 17.1. The molecule has 1 aromatic heterocycles.